The van der Waals surface area contributed by atoms with Crippen molar-refractivity contribution in [2.75, 3.05) is 0 Å². The minimum absolute atomic E-state index is 0.0510. The van der Waals surface area contributed by atoms with Gasteiger partial charge in [0.05, 0.1) is 11.2 Å². The summed E-state index contributed by atoms with van der Waals surface area (Å²) in [5.41, 5.74) is 2.19. The van der Waals surface area contributed by atoms with Crippen molar-refractivity contribution in [3.8, 4) is 34.3 Å². The zero-order valence-corrected chi connectivity index (χ0v) is 22.1. The highest BCUT2D eigenvalue weighted by atomic mass is 16.5. The van der Waals surface area contributed by atoms with E-state index in [0.29, 0.717) is 23.3 Å². The van der Waals surface area contributed by atoms with Gasteiger partial charge in [0, 0.05) is 29.2 Å². The van der Waals surface area contributed by atoms with E-state index in [1.807, 2.05) is 39.8 Å². The zero-order chi connectivity index (χ0) is 27.2. The topological polar surface area (TPSA) is 120 Å². The summed E-state index contributed by atoms with van der Waals surface area (Å²) in [6.45, 7) is 11.0. The second-order valence-corrected chi connectivity index (χ2v) is 10.7. The van der Waals surface area contributed by atoms with Gasteiger partial charge in [-0.05, 0) is 66.5 Å². The maximum absolute atomic E-state index is 14.0. The van der Waals surface area contributed by atoms with E-state index in [-0.39, 0.29) is 57.9 Å². The Hall–Kier alpha value is -3.71. The number of aromatic hydroxyl groups is 3. The van der Waals surface area contributed by atoms with Crippen LogP contribution in [0.4, 0.5) is 0 Å². The molecule has 0 saturated carbocycles. The van der Waals surface area contributed by atoms with Crippen molar-refractivity contribution in [1.82, 2.24) is 0 Å². The molecule has 0 spiro atoms. The predicted octanol–water partition coefficient (Wildman–Crippen LogP) is 5.67. The molecule has 0 saturated heterocycles. The van der Waals surface area contributed by atoms with E-state index >= 15 is 0 Å². The highest BCUT2D eigenvalue weighted by Gasteiger charge is 2.39. The number of hydrogen-bond donors (Lipinski definition) is 4. The van der Waals surface area contributed by atoms with Crippen molar-refractivity contribution >= 4 is 11.0 Å². The summed E-state index contributed by atoms with van der Waals surface area (Å²) in [4.78, 5) is 14.0. The standard InChI is InChI=1S/C30H34O7/c1-15(2)7-10-19-25(33)24-26(34)21-14-23(30(5,6)35)36-28(21)20(11-8-16(3)4)29(24)37-27(19)18-12-9-17(31)13-22(18)32/h7-9,12-13,23,31-32,34-35H,10-11,14H2,1-6H3/t23-/m0/s1. The Morgan fingerprint density at radius 1 is 1.03 bits per heavy atom. The van der Waals surface area contributed by atoms with Gasteiger partial charge in [-0.25, -0.2) is 0 Å². The Balaban J connectivity index is 2.13. The third kappa shape index (κ3) is 4.96. The van der Waals surface area contributed by atoms with E-state index < -0.39 is 17.1 Å². The van der Waals surface area contributed by atoms with Crippen molar-refractivity contribution in [1.29, 1.82) is 0 Å². The first-order valence-corrected chi connectivity index (χ1v) is 12.3. The molecule has 1 aliphatic heterocycles. The predicted molar refractivity (Wildman–Crippen MR) is 144 cm³/mol. The van der Waals surface area contributed by atoms with Gasteiger partial charge in [-0.2, -0.15) is 0 Å². The van der Waals surface area contributed by atoms with Crippen LogP contribution in [0.15, 0.2) is 50.7 Å². The van der Waals surface area contributed by atoms with Crippen molar-refractivity contribution < 1.29 is 29.6 Å². The summed E-state index contributed by atoms with van der Waals surface area (Å²) < 4.78 is 12.6. The van der Waals surface area contributed by atoms with Crippen LogP contribution in [0.1, 0.15) is 58.2 Å². The smallest absolute Gasteiger partial charge is 0.200 e. The van der Waals surface area contributed by atoms with Gasteiger partial charge >= 0.3 is 0 Å². The van der Waals surface area contributed by atoms with Gasteiger partial charge in [0.2, 0.25) is 5.43 Å². The monoisotopic (exact) mass is 506 g/mol. The second-order valence-electron chi connectivity index (χ2n) is 10.7. The van der Waals surface area contributed by atoms with Crippen molar-refractivity contribution in [3.63, 3.8) is 0 Å². The van der Waals surface area contributed by atoms with Crippen molar-refractivity contribution in [3.05, 3.63) is 68.4 Å². The van der Waals surface area contributed by atoms with Crippen LogP contribution in [0.5, 0.6) is 23.0 Å². The molecule has 1 aliphatic rings. The van der Waals surface area contributed by atoms with Crippen LogP contribution in [-0.2, 0) is 19.3 Å². The molecule has 1 aromatic heterocycles. The molecule has 0 fully saturated rings. The number of benzene rings is 2. The van der Waals surface area contributed by atoms with Gasteiger partial charge in [-0.1, -0.05) is 23.3 Å². The summed E-state index contributed by atoms with van der Waals surface area (Å²) >= 11 is 0. The lowest BCUT2D eigenvalue weighted by molar-refractivity contribution is -0.0232. The Bertz CT molecular complexity index is 1490. The van der Waals surface area contributed by atoms with Crippen molar-refractivity contribution in [2.24, 2.45) is 0 Å². The third-order valence-electron chi connectivity index (χ3n) is 6.64. The van der Waals surface area contributed by atoms with Crippen LogP contribution in [0.25, 0.3) is 22.3 Å². The molecule has 4 rings (SSSR count). The molecule has 0 radical (unpaired) electrons. The molecule has 0 aliphatic carbocycles. The maximum atomic E-state index is 14.0. The number of rotatable bonds is 6. The third-order valence-corrected chi connectivity index (χ3v) is 6.64. The largest absolute Gasteiger partial charge is 0.508 e. The Kier molecular flexibility index (Phi) is 6.86. The van der Waals surface area contributed by atoms with E-state index in [1.165, 1.54) is 18.2 Å². The molecule has 4 N–H and O–H groups in total. The van der Waals surface area contributed by atoms with Gasteiger partial charge in [0.25, 0.3) is 0 Å². The summed E-state index contributed by atoms with van der Waals surface area (Å²) in [5.74, 6) is -0.0269. The summed E-state index contributed by atoms with van der Waals surface area (Å²) in [5, 5.41) is 42.5. The van der Waals surface area contributed by atoms with E-state index in [9.17, 15) is 25.2 Å². The molecule has 196 valence electrons. The van der Waals surface area contributed by atoms with E-state index in [4.69, 9.17) is 9.15 Å². The number of ether oxygens (including phenoxy) is 1. The lowest BCUT2D eigenvalue weighted by Gasteiger charge is -2.25. The minimum atomic E-state index is -1.18. The van der Waals surface area contributed by atoms with Gasteiger partial charge in [0.15, 0.2) is 0 Å². The molecular weight excluding hydrogens is 472 g/mol. The number of allylic oxidation sites excluding steroid dienone is 4. The zero-order valence-electron chi connectivity index (χ0n) is 22.1. The van der Waals surface area contributed by atoms with Gasteiger partial charge in [-0.3, -0.25) is 4.79 Å². The van der Waals surface area contributed by atoms with Crippen LogP contribution in [0, 0.1) is 0 Å². The van der Waals surface area contributed by atoms with Crippen LogP contribution < -0.4 is 10.2 Å². The maximum Gasteiger partial charge on any atom is 0.200 e. The molecule has 2 heterocycles. The van der Waals surface area contributed by atoms with Crippen LogP contribution in [0.3, 0.4) is 0 Å². The molecule has 7 nitrogen and oxygen atoms in total. The summed E-state index contributed by atoms with van der Waals surface area (Å²) in [7, 11) is 0. The van der Waals surface area contributed by atoms with Gasteiger partial charge < -0.3 is 29.6 Å². The number of fused-ring (bicyclic) bond motifs is 2. The summed E-state index contributed by atoms with van der Waals surface area (Å²) in [6.07, 6.45) is 4.07. The normalized spacial score (nSPS) is 14.8. The van der Waals surface area contributed by atoms with Crippen molar-refractivity contribution in [2.45, 2.75) is 72.5 Å². The molecule has 1 atom stereocenters. The molecule has 0 amide bonds. The Morgan fingerprint density at radius 2 is 1.65 bits per heavy atom. The van der Waals surface area contributed by atoms with Crippen LogP contribution in [0.2, 0.25) is 0 Å². The first kappa shape index (κ1) is 26.4. The van der Waals surface area contributed by atoms with Crippen LogP contribution >= 0.6 is 0 Å². The molecule has 7 heteroatoms. The minimum Gasteiger partial charge on any atom is -0.508 e. The van der Waals surface area contributed by atoms with Gasteiger partial charge in [-0.15, -0.1) is 0 Å². The summed E-state index contributed by atoms with van der Waals surface area (Å²) in [6, 6.07) is 4.08. The van der Waals surface area contributed by atoms with Crippen LogP contribution in [-0.4, -0.2) is 32.1 Å². The molecule has 0 unspecified atom stereocenters. The molecular formula is C30H34O7. The fourth-order valence-corrected chi connectivity index (χ4v) is 4.55. The second kappa shape index (κ2) is 9.63. The first-order chi connectivity index (χ1) is 17.3. The van der Waals surface area contributed by atoms with E-state index in [2.05, 4.69) is 0 Å². The molecule has 2 aromatic carbocycles. The quantitative estimate of drug-likeness (QED) is 0.318. The highest BCUT2D eigenvalue weighted by molar-refractivity contribution is 5.93. The number of phenols is 3. The van der Waals surface area contributed by atoms with Gasteiger partial charge in [0.1, 0.15) is 45.8 Å². The van der Waals surface area contributed by atoms with E-state index in [1.54, 1.807) is 13.8 Å². The number of aliphatic hydroxyl groups is 1. The fraction of sp³-hybridized carbons (Fsp3) is 0.367. The fourth-order valence-electron chi connectivity index (χ4n) is 4.55. The Labute approximate surface area is 216 Å². The lowest BCUT2D eigenvalue weighted by atomic mass is 9.92. The first-order valence-electron chi connectivity index (χ1n) is 12.3. The molecule has 3 aromatic rings. The average Bonchev–Trinajstić information content (AvgIpc) is 3.24. The SMILES string of the molecule is CC(C)=CCc1c(-c2ccc(O)cc2O)oc2c(CC=C(C)C)c3c(c(O)c2c1=O)C[C@@H](C(C)(C)O)O3. The number of hydrogen-bond acceptors (Lipinski definition) is 7. The molecule has 0 bridgehead atoms. The molecule has 37 heavy (non-hydrogen) atoms. The highest BCUT2D eigenvalue weighted by Crippen LogP contribution is 2.47. The lowest BCUT2D eigenvalue weighted by Crippen LogP contribution is -2.39. The Morgan fingerprint density at radius 3 is 2.22 bits per heavy atom. The van der Waals surface area contributed by atoms with E-state index in [0.717, 1.165) is 11.1 Å². The average molecular weight is 507 g/mol. The number of phenolic OH excluding ortho intramolecular Hbond substituents is 3.